The van der Waals surface area contributed by atoms with Crippen LogP contribution in [0.3, 0.4) is 0 Å². The fourth-order valence-electron chi connectivity index (χ4n) is 2.77. The maximum absolute atomic E-state index is 11.7. The van der Waals surface area contributed by atoms with Gasteiger partial charge >= 0.3 is 11.9 Å². The molecule has 4 heteroatoms. The van der Waals surface area contributed by atoms with Gasteiger partial charge in [0.2, 0.25) is 0 Å². The first-order chi connectivity index (χ1) is 9.16. The van der Waals surface area contributed by atoms with Crippen molar-refractivity contribution in [2.24, 2.45) is 0 Å². The van der Waals surface area contributed by atoms with Crippen LogP contribution in [0.25, 0.3) is 21.8 Å². The lowest BCUT2D eigenvalue weighted by Gasteiger charge is -2.00. The fourth-order valence-corrected chi connectivity index (χ4v) is 2.77. The van der Waals surface area contributed by atoms with Gasteiger partial charge in [0.1, 0.15) is 0 Å². The SMILES string of the molecule is Cc1c2c(cc3c1[nH]c1ccccc13)C(=O)OC2=O. The molecule has 0 fully saturated rings. The van der Waals surface area contributed by atoms with Gasteiger partial charge in [-0.3, -0.25) is 0 Å². The summed E-state index contributed by atoms with van der Waals surface area (Å²) < 4.78 is 4.67. The van der Waals surface area contributed by atoms with Crippen LogP contribution in [0, 0.1) is 6.92 Å². The molecule has 0 saturated heterocycles. The standard InChI is InChI=1S/C15H9NO3/c1-7-12-10(14(17)19-15(12)18)6-9-8-4-2-3-5-11(8)16-13(7)9/h2-6,16H,1H3. The Hall–Kier alpha value is -2.62. The topological polar surface area (TPSA) is 59.2 Å². The molecule has 0 unspecified atom stereocenters. The molecular weight excluding hydrogens is 242 g/mol. The van der Waals surface area contributed by atoms with Crippen molar-refractivity contribution < 1.29 is 14.3 Å². The molecule has 0 amide bonds. The van der Waals surface area contributed by atoms with Gasteiger partial charge < -0.3 is 9.72 Å². The first-order valence-corrected chi connectivity index (χ1v) is 5.97. The number of esters is 2. The van der Waals surface area contributed by atoms with Crippen LogP contribution < -0.4 is 0 Å². The molecule has 0 saturated carbocycles. The lowest BCUT2D eigenvalue weighted by atomic mass is 9.99. The Kier molecular flexibility index (Phi) is 1.75. The number of ether oxygens (including phenoxy) is 1. The molecule has 4 nitrogen and oxygen atoms in total. The van der Waals surface area contributed by atoms with Gasteiger partial charge in [-0.05, 0) is 24.6 Å². The highest BCUT2D eigenvalue weighted by Gasteiger charge is 2.33. The summed E-state index contributed by atoms with van der Waals surface area (Å²) in [5.74, 6) is -1.12. The number of carbonyl (C=O) groups excluding carboxylic acids is 2. The van der Waals surface area contributed by atoms with Gasteiger partial charge in [0.15, 0.2) is 0 Å². The minimum atomic E-state index is -0.560. The van der Waals surface area contributed by atoms with Crippen molar-refractivity contribution in [2.45, 2.75) is 6.92 Å². The number of hydrogen-bond donors (Lipinski definition) is 1. The molecule has 3 aromatic rings. The van der Waals surface area contributed by atoms with E-state index in [0.717, 1.165) is 27.4 Å². The predicted octanol–water partition coefficient (Wildman–Crippen LogP) is 2.94. The zero-order valence-electron chi connectivity index (χ0n) is 10.1. The van der Waals surface area contributed by atoms with Gasteiger partial charge in [0, 0.05) is 16.3 Å². The van der Waals surface area contributed by atoms with E-state index in [1.807, 2.05) is 31.2 Å². The van der Waals surface area contributed by atoms with E-state index in [-0.39, 0.29) is 0 Å². The zero-order chi connectivity index (χ0) is 13.1. The summed E-state index contributed by atoms with van der Waals surface area (Å²) in [7, 11) is 0. The highest BCUT2D eigenvalue weighted by atomic mass is 16.6. The maximum Gasteiger partial charge on any atom is 0.347 e. The number of H-pyrrole nitrogens is 1. The van der Waals surface area contributed by atoms with E-state index >= 15 is 0 Å². The van der Waals surface area contributed by atoms with Crippen molar-refractivity contribution in [3.05, 3.63) is 47.0 Å². The largest absolute Gasteiger partial charge is 0.386 e. The van der Waals surface area contributed by atoms with E-state index in [1.54, 1.807) is 6.07 Å². The first-order valence-electron chi connectivity index (χ1n) is 5.97. The number of cyclic esters (lactones) is 2. The van der Waals surface area contributed by atoms with E-state index in [9.17, 15) is 9.59 Å². The van der Waals surface area contributed by atoms with Crippen LogP contribution in [-0.2, 0) is 4.74 Å². The normalized spacial score (nSPS) is 14.2. The fraction of sp³-hybridized carbons (Fsp3) is 0.0667. The highest BCUT2D eigenvalue weighted by Crippen LogP contribution is 2.34. The molecule has 0 atom stereocenters. The van der Waals surface area contributed by atoms with Gasteiger partial charge in [-0.15, -0.1) is 0 Å². The average Bonchev–Trinajstić information content (AvgIpc) is 2.90. The summed E-state index contributed by atoms with van der Waals surface area (Å²) >= 11 is 0. The van der Waals surface area contributed by atoms with Crippen LogP contribution >= 0.6 is 0 Å². The Balaban J connectivity index is 2.25. The van der Waals surface area contributed by atoms with Crippen LogP contribution in [0.2, 0.25) is 0 Å². The number of para-hydroxylation sites is 1. The smallest absolute Gasteiger partial charge is 0.347 e. The van der Waals surface area contributed by atoms with Gasteiger partial charge in [0.05, 0.1) is 16.6 Å². The number of fused-ring (bicyclic) bond motifs is 4. The van der Waals surface area contributed by atoms with Gasteiger partial charge in [-0.25, -0.2) is 9.59 Å². The summed E-state index contributed by atoms with van der Waals surface area (Å²) in [4.78, 5) is 26.7. The number of rotatable bonds is 0. The number of aromatic amines is 1. The molecule has 1 aliphatic rings. The molecule has 19 heavy (non-hydrogen) atoms. The van der Waals surface area contributed by atoms with E-state index in [0.29, 0.717) is 11.1 Å². The van der Waals surface area contributed by atoms with Crippen molar-refractivity contribution >= 4 is 33.7 Å². The average molecular weight is 251 g/mol. The van der Waals surface area contributed by atoms with Crippen molar-refractivity contribution in [2.75, 3.05) is 0 Å². The molecule has 2 heterocycles. The molecule has 4 rings (SSSR count). The second kappa shape index (κ2) is 3.23. The van der Waals surface area contributed by atoms with Crippen molar-refractivity contribution in [1.29, 1.82) is 0 Å². The summed E-state index contributed by atoms with van der Waals surface area (Å²) in [5, 5.41) is 1.98. The van der Waals surface area contributed by atoms with Gasteiger partial charge in [-0.1, -0.05) is 18.2 Å². The van der Waals surface area contributed by atoms with E-state index in [4.69, 9.17) is 0 Å². The first kappa shape index (κ1) is 10.3. The number of hydrogen-bond acceptors (Lipinski definition) is 3. The van der Waals surface area contributed by atoms with Crippen molar-refractivity contribution in [3.63, 3.8) is 0 Å². The van der Waals surface area contributed by atoms with Crippen LogP contribution in [0.5, 0.6) is 0 Å². The zero-order valence-corrected chi connectivity index (χ0v) is 10.1. The minimum Gasteiger partial charge on any atom is -0.386 e. The van der Waals surface area contributed by atoms with Crippen LogP contribution in [0.15, 0.2) is 30.3 Å². The monoisotopic (exact) mass is 251 g/mol. The van der Waals surface area contributed by atoms with Gasteiger partial charge in [0.25, 0.3) is 0 Å². The molecule has 0 radical (unpaired) electrons. The number of carbonyl (C=O) groups is 2. The summed E-state index contributed by atoms with van der Waals surface area (Å²) in [6.45, 7) is 1.83. The highest BCUT2D eigenvalue weighted by molar-refractivity contribution is 6.21. The second-order valence-corrected chi connectivity index (χ2v) is 4.69. The van der Waals surface area contributed by atoms with E-state index in [1.165, 1.54) is 0 Å². The Morgan fingerprint density at radius 2 is 1.84 bits per heavy atom. The molecule has 1 N–H and O–H groups in total. The lowest BCUT2D eigenvalue weighted by Crippen LogP contribution is -1.98. The lowest BCUT2D eigenvalue weighted by molar-refractivity contribution is 0.0443. The maximum atomic E-state index is 11.7. The molecule has 1 aliphatic heterocycles. The summed E-state index contributed by atoms with van der Waals surface area (Å²) in [6, 6.07) is 9.59. The van der Waals surface area contributed by atoms with Crippen LogP contribution in [-0.4, -0.2) is 16.9 Å². The molecule has 2 aromatic carbocycles. The third-order valence-corrected chi connectivity index (χ3v) is 3.66. The van der Waals surface area contributed by atoms with Crippen molar-refractivity contribution in [1.82, 2.24) is 4.98 Å². The van der Waals surface area contributed by atoms with Crippen LogP contribution in [0.1, 0.15) is 26.3 Å². The van der Waals surface area contributed by atoms with Crippen LogP contribution in [0.4, 0.5) is 0 Å². The number of benzene rings is 2. The Morgan fingerprint density at radius 3 is 2.68 bits per heavy atom. The van der Waals surface area contributed by atoms with Crippen molar-refractivity contribution in [3.8, 4) is 0 Å². The Labute approximate surface area is 108 Å². The van der Waals surface area contributed by atoms with E-state index < -0.39 is 11.9 Å². The number of aromatic nitrogens is 1. The number of aryl methyl sites for hydroxylation is 1. The Morgan fingerprint density at radius 1 is 1.05 bits per heavy atom. The Bertz CT molecular complexity index is 889. The molecule has 0 spiro atoms. The van der Waals surface area contributed by atoms with Gasteiger partial charge in [-0.2, -0.15) is 0 Å². The van der Waals surface area contributed by atoms with E-state index in [2.05, 4.69) is 9.72 Å². The summed E-state index contributed by atoms with van der Waals surface area (Å²) in [6.07, 6.45) is 0. The third-order valence-electron chi connectivity index (χ3n) is 3.66. The third kappa shape index (κ3) is 1.18. The summed E-state index contributed by atoms with van der Waals surface area (Å²) in [5.41, 5.74) is 3.38. The molecule has 92 valence electrons. The molecule has 0 aliphatic carbocycles. The second-order valence-electron chi connectivity index (χ2n) is 4.69. The minimum absolute atomic E-state index is 0.361. The number of nitrogens with one attached hydrogen (secondary N) is 1. The molecule has 0 bridgehead atoms. The molecular formula is C15H9NO3. The quantitative estimate of drug-likeness (QED) is 0.493. The predicted molar refractivity (Wildman–Crippen MR) is 70.3 cm³/mol. The molecule has 1 aromatic heterocycles.